The first kappa shape index (κ1) is 16.9. The van der Waals surface area contributed by atoms with Gasteiger partial charge in [-0.1, -0.05) is 17.7 Å². The number of amides is 1. The number of hydrogen-bond acceptors (Lipinski definition) is 3. The Balaban J connectivity index is 2.16. The van der Waals surface area contributed by atoms with Crippen LogP contribution in [0.15, 0.2) is 42.5 Å². The van der Waals surface area contributed by atoms with E-state index >= 15 is 0 Å². The van der Waals surface area contributed by atoms with Gasteiger partial charge in [-0.15, -0.1) is 0 Å². The van der Waals surface area contributed by atoms with Crippen molar-refractivity contribution in [1.29, 1.82) is 0 Å². The molecule has 0 saturated carbocycles. The molecule has 0 saturated heterocycles. The zero-order valence-electron chi connectivity index (χ0n) is 13.2. The molecule has 4 nitrogen and oxygen atoms in total. The van der Waals surface area contributed by atoms with Gasteiger partial charge in [0.1, 0.15) is 11.5 Å². The van der Waals surface area contributed by atoms with Crippen molar-refractivity contribution in [1.82, 2.24) is 0 Å². The van der Waals surface area contributed by atoms with E-state index in [-0.39, 0.29) is 5.91 Å². The highest BCUT2D eigenvalue weighted by Gasteiger charge is 2.05. The molecule has 0 fully saturated rings. The van der Waals surface area contributed by atoms with Gasteiger partial charge < -0.3 is 14.8 Å². The molecule has 1 N–H and O–H groups in total. The fourth-order valence-electron chi connectivity index (χ4n) is 2.04. The Bertz CT molecular complexity index is 741. The summed E-state index contributed by atoms with van der Waals surface area (Å²) in [7, 11) is 3.17. The molecule has 2 rings (SSSR count). The van der Waals surface area contributed by atoms with E-state index in [2.05, 4.69) is 5.32 Å². The molecule has 0 radical (unpaired) electrons. The van der Waals surface area contributed by atoms with Crippen LogP contribution in [0, 0.1) is 6.92 Å². The predicted molar refractivity (Wildman–Crippen MR) is 93.4 cm³/mol. The second-order valence-electron chi connectivity index (χ2n) is 4.89. The van der Waals surface area contributed by atoms with E-state index in [9.17, 15) is 4.79 Å². The summed E-state index contributed by atoms with van der Waals surface area (Å²) < 4.78 is 10.5. The lowest BCUT2D eigenvalue weighted by Crippen LogP contribution is -2.08. The van der Waals surface area contributed by atoms with Crippen molar-refractivity contribution >= 4 is 29.3 Å². The van der Waals surface area contributed by atoms with Gasteiger partial charge in [-0.05, 0) is 48.9 Å². The van der Waals surface area contributed by atoms with Crippen molar-refractivity contribution in [2.45, 2.75) is 6.92 Å². The highest BCUT2D eigenvalue weighted by Crippen LogP contribution is 2.25. The maximum atomic E-state index is 12.1. The van der Waals surface area contributed by atoms with E-state index in [0.29, 0.717) is 22.2 Å². The van der Waals surface area contributed by atoms with Crippen LogP contribution in [0.1, 0.15) is 11.1 Å². The Hall–Kier alpha value is -2.46. The highest BCUT2D eigenvalue weighted by atomic mass is 35.5. The quantitative estimate of drug-likeness (QED) is 0.830. The fraction of sp³-hybridized carbons (Fsp3) is 0.167. The first-order valence-corrected chi connectivity index (χ1v) is 7.38. The normalized spacial score (nSPS) is 10.6. The summed E-state index contributed by atoms with van der Waals surface area (Å²) in [5, 5.41) is 3.38. The van der Waals surface area contributed by atoms with Crippen LogP contribution in [0.25, 0.3) is 6.08 Å². The van der Waals surface area contributed by atoms with Crippen LogP contribution in [0.4, 0.5) is 5.69 Å². The van der Waals surface area contributed by atoms with Crippen molar-refractivity contribution in [3.63, 3.8) is 0 Å². The highest BCUT2D eigenvalue weighted by molar-refractivity contribution is 6.31. The summed E-state index contributed by atoms with van der Waals surface area (Å²) in [6.45, 7) is 1.90. The van der Waals surface area contributed by atoms with Gasteiger partial charge in [-0.2, -0.15) is 0 Å². The maximum absolute atomic E-state index is 12.1. The SMILES string of the molecule is COc1ccc(OC)c(C=CC(=O)Nc2cc(Cl)ccc2C)c1. The Morgan fingerprint density at radius 2 is 1.91 bits per heavy atom. The van der Waals surface area contributed by atoms with Gasteiger partial charge in [-0.3, -0.25) is 4.79 Å². The van der Waals surface area contributed by atoms with E-state index in [1.54, 1.807) is 50.6 Å². The van der Waals surface area contributed by atoms with Crippen LogP contribution < -0.4 is 14.8 Å². The Morgan fingerprint density at radius 3 is 2.61 bits per heavy atom. The zero-order valence-corrected chi connectivity index (χ0v) is 14.0. The van der Waals surface area contributed by atoms with Crippen LogP contribution in [0.3, 0.4) is 0 Å². The lowest BCUT2D eigenvalue weighted by atomic mass is 10.1. The summed E-state index contributed by atoms with van der Waals surface area (Å²) in [4.78, 5) is 12.1. The van der Waals surface area contributed by atoms with Crippen molar-refractivity contribution in [3.8, 4) is 11.5 Å². The largest absolute Gasteiger partial charge is 0.497 e. The number of halogens is 1. The Morgan fingerprint density at radius 1 is 1.13 bits per heavy atom. The number of ether oxygens (including phenoxy) is 2. The molecule has 0 aliphatic carbocycles. The summed E-state index contributed by atoms with van der Waals surface area (Å²) in [6, 6.07) is 10.7. The number of carbonyl (C=O) groups is 1. The standard InChI is InChI=1S/C18H18ClNO3/c1-12-4-6-14(19)11-16(12)20-18(21)9-5-13-10-15(22-2)7-8-17(13)23-3/h4-11H,1-3H3,(H,20,21). The van der Waals surface area contributed by atoms with Gasteiger partial charge in [0, 0.05) is 22.3 Å². The third kappa shape index (κ3) is 4.50. The Labute approximate surface area is 140 Å². The summed E-state index contributed by atoms with van der Waals surface area (Å²) in [5.74, 6) is 1.10. The number of hydrogen-bond donors (Lipinski definition) is 1. The van der Waals surface area contributed by atoms with Crippen LogP contribution in [-0.4, -0.2) is 20.1 Å². The van der Waals surface area contributed by atoms with E-state index in [0.717, 1.165) is 11.1 Å². The molecule has 0 heterocycles. The van der Waals surface area contributed by atoms with Gasteiger partial charge in [-0.25, -0.2) is 0 Å². The average Bonchev–Trinajstić information content (AvgIpc) is 2.56. The van der Waals surface area contributed by atoms with Crippen LogP contribution in [0.2, 0.25) is 5.02 Å². The van der Waals surface area contributed by atoms with Crippen molar-refractivity contribution in [2.75, 3.05) is 19.5 Å². The minimum absolute atomic E-state index is 0.250. The molecule has 2 aromatic carbocycles. The van der Waals surface area contributed by atoms with Crippen LogP contribution in [-0.2, 0) is 4.79 Å². The molecule has 0 aliphatic heterocycles. The number of rotatable bonds is 5. The zero-order chi connectivity index (χ0) is 16.8. The number of nitrogens with one attached hydrogen (secondary N) is 1. The fourth-order valence-corrected chi connectivity index (χ4v) is 2.21. The number of anilines is 1. The summed E-state index contributed by atoms with van der Waals surface area (Å²) in [6.07, 6.45) is 3.12. The maximum Gasteiger partial charge on any atom is 0.248 e. The molecule has 5 heteroatoms. The van der Waals surface area contributed by atoms with Gasteiger partial charge in [0.15, 0.2) is 0 Å². The van der Waals surface area contributed by atoms with Crippen LogP contribution in [0.5, 0.6) is 11.5 Å². The smallest absolute Gasteiger partial charge is 0.248 e. The predicted octanol–water partition coefficient (Wildman–Crippen LogP) is 4.32. The molecule has 1 amide bonds. The molecule has 0 bridgehead atoms. The molecular formula is C18H18ClNO3. The molecule has 0 aromatic heterocycles. The Kier molecular flexibility index (Phi) is 5.66. The number of aryl methyl sites for hydroxylation is 1. The molecule has 0 atom stereocenters. The molecule has 0 spiro atoms. The van der Waals surface area contributed by atoms with E-state index in [1.807, 2.05) is 13.0 Å². The van der Waals surface area contributed by atoms with Gasteiger partial charge in [0.05, 0.1) is 14.2 Å². The van der Waals surface area contributed by atoms with Gasteiger partial charge >= 0.3 is 0 Å². The summed E-state index contributed by atoms with van der Waals surface area (Å²) in [5.41, 5.74) is 2.38. The number of carbonyl (C=O) groups excluding carboxylic acids is 1. The number of benzene rings is 2. The average molecular weight is 332 g/mol. The molecule has 0 aliphatic rings. The van der Waals surface area contributed by atoms with E-state index < -0.39 is 0 Å². The molecule has 23 heavy (non-hydrogen) atoms. The second-order valence-corrected chi connectivity index (χ2v) is 5.33. The molecule has 2 aromatic rings. The molecule has 0 unspecified atom stereocenters. The van der Waals surface area contributed by atoms with Crippen molar-refractivity contribution < 1.29 is 14.3 Å². The summed E-state index contributed by atoms with van der Waals surface area (Å²) >= 11 is 5.95. The third-order valence-corrected chi connectivity index (χ3v) is 3.54. The van der Waals surface area contributed by atoms with Crippen LogP contribution >= 0.6 is 11.6 Å². The van der Waals surface area contributed by atoms with Gasteiger partial charge in [0.25, 0.3) is 0 Å². The minimum Gasteiger partial charge on any atom is -0.497 e. The van der Waals surface area contributed by atoms with Crippen molar-refractivity contribution in [3.05, 3.63) is 58.6 Å². The third-order valence-electron chi connectivity index (χ3n) is 3.31. The monoisotopic (exact) mass is 331 g/mol. The van der Waals surface area contributed by atoms with Gasteiger partial charge in [0.2, 0.25) is 5.91 Å². The molecular weight excluding hydrogens is 314 g/mol. The number of methoxy groups -OCH3 is 2. The minimum atomic E-state index is -0.250. The van der Waals surface area contributed by atoms with E-state index in [4.69, 9.17) is 21.1 Å². The second kappa shape index (κ2) is 7.70. The lowest BCUT2D eigenvalue weighted by molar-refractivity contribution is -0.111. The first-order valence-electron chi connectivity index (χ1n) is 7.00. The first-order chi connectivity index (χ1) is 11.0. The van der Waals surface area contributed by atoms with E-state index in [1.165, 1.54) is 6.08 Å². The lowest BCUT2D eigenvalue weighted by Gasteiger charge is -2.08. The van der Waals surface area contributed by atoms with Crippen molar-refractivity contribution in [2.24, 2.45) is 0 Å². The molecule has 120 valence electrons. The topological polar surface area (TPSA) is 47.6 Å².